The second kappa shape index (κ2) is 12.1. The van der Waals surface area contributed by atoms with Crippen molar-refractivity contribution >= 4 is 38.9 Å². The van der Waals surface area contributed by atoms with Crippen molar-refractivity contribution in [3.63, 3.8) is 0 Å². The second-order valence-electron chi connectivity index (χ2n) is 9.25. The van der Waals surface area contributed by atoms with E-state index in [2.05, 4.69) is 18.7 Å². The number of hydrogen-bond acceptors (Lipinski definition) is 6. The number of aliphatic carboxylic acids is 1. The number of para-hydroxylation sites is 1. The molecular weight excluding hydrogens is 501 g/mol. The van der Waals surface area contributed by atoms with Gasteiger partial charge in [0.15, 0.2) is 9.84 Å². The molecule has 0 spiro atoms. The molecule has 196 valence electrons. The van der Waals surface area contributed by atoms with Gasteiger partial charge in [-0.2, -0.15) is 4.39 Å². The molecule has 1 aliphatic heterocycles. The molecule has 2 aromatic carbocycles. The molecule has 9 heteroatoms. The van der Waals surface area contributed by atoms with Crippen molar-refractivity contribution in [2.45, 2.75) is 62.2 Å². The van der Waals surface area contributed by atoms with Crippen molar-refractivity contribution in [3.05, 3.63) is 54.6 Å². The summed E-state index contributed by atoms with van der Waals surface area (Å²) in [6.07, 6.45) is 7.71. The Kier molecular flexibility index (Phi) is 9.47. The van der Waals surface area contributed by atoms with Crippen LogP contribution < -0.4 is 9.64 Å². The molecule has 1 aliphatic rings. The number of anilines is 2. The van der Waals surface area contributed by atoms with E-state index in [9.17, 15) is 17.6 Å². The molecule has 1 N–H and O–H groups in total. The Morgan fingerprint density at radius 2 is 1.81 bits per heavy atom. The molecule has 0 atom stereocenters. The Hall–Kier alpha value is -2.52. The Bertz CT molecular complexity index is 1190. The first-order chi connectivity index (χ1) is 17.2. The van der Waals surface area contributed by atoms with Crippen LogP contribution in [0.15, 0.2) is 64.3 Å². The maximum Gasteiger partial charge on any atom is 0.368 e. The number of carboxylic acids is 1. The molecule has 0 fully saturated rings. The molecule has 0 saturated carbocycles. The summed E-state index contributed by atoms with van der Waals surface area (Å²) in [5, 5.41) is 8.83. The number of rotatable bonds is 11. The fourth-order valence-electron chi connectivity index (χ4n) is 4.72. The normalized spacial score (nSPS) is 16.8. The average molecular weight is 536 g/mol. The zero-order chi connectivity index (χ0) is 26.3. The summed E-state index contributed by atoms with van der Waals surface area (Å²) in [6, 6.07) is 12.9. The first kappa shape index (κ1) is 28.1. The molecule has 1 heterocycles. The lowest BCUT2D eigenvalue weighted by Gasteiger charge is -2.37. The highest BCUT2D eigenvalue weighted by atomic mass is 32.2. The molecule has 3 rings (SSSR count). The third-order valence-electron chi connectivity index (χ3n) is 6.54. The van der Waals surface area contributed by atoms with Crippen LogP contribution in [0, 0.1) is 5.41 Å². The van der Waals surface area contributed by atoms with Gasteiger partial charge in [-0.15, -0.1) is 11.8 Å². The lowest BCUT2D eigenvalue weighted by atomic mass is 9.79. The third kappa shape index (κ3) is 6.42. The molecule has 36 heavy (non-hydrogen) atoms. The number of halogens is 1. The number of unbranched alkanes of at least 4 members (excludes halogenated alkanes) is 2. The predicted molar refractivity (Wildman–Crippen MR) is 143 cm³/mol. The number of fused-ring (bicyclic) bond motifs is 1. The monoisotopic (exact) mass is 535 g/mol. The van der Waals surface area contributed by atoms with Crippen LogP contribution in [0.1, 0.15) is 52.4 Å². The Labute approximate surface area is 217 Å². The highest BCUT2D eigenvalue weighted by molar-refractivity contribution is 7.98. The Morgan fingerprint density at radius 3 is 2.36 bits per heavy atom. The Morgan fingerprint density at radius 1 is 1.17 bits per heavy atom. The van der Waals surface area contributed by atoms with E-state index in [4.69, 9.17) is 9.84 Å². The van der Waals surface area contributed by atoms with Crippen molar-refractivity contribution < 1.29 is 27.4 Å². The number of nitrogens with zero attached hydrogens (tertiary/aromatic N) is 1. The van der Waals surface area contributed by atoms with E-state index >= 15 is 0 Å². The predicted octanol–water partition coefficient (Wildman–Crippen LogP) is 6.98. The molecule has 0 bridgehead atoms. The standard InChI is InChI=1S/C27H34FNO5S2/c1-4-6-13-27(14-7-5-2)18-29(20-11-9-8-10-12-20)22-15-24(35-3)23(34-17-21(28)26(30)31)16-25(22)36(32,33)19-27/h8-12,15-17H,4-7,13-14,18-19H2,1-3H3,(H,30,31). The topological polar surface area (TPSA) is 83.9 Å². The van der Waals surface area contributed by atoms with Crippen LogP contribution >= 0.6 is 11.8 Å². The number of ether oxygens (including phenoxy) is 1. The van der Waals surface area contributed by atoms with Crippen LogP contribution in [0.5, 0.6) is 5.75 Å². The van der Waals surface area contributed by atoms with Gasteiger partial charge in [-0.05, 0) is 37.3 Å². The van der Waals surface area contributed by atoms with E-state index in [1.807, 2.05) is 30.3 Å². The van der Waals surface area contributed by atoms with Crippen LogP contribution in [0.2, 0.25) is 0 Å². The van der Waals surface area contributed by atoms with Gasteiger partial charge in [0.2, 0.25) is 5.83 Å². The largest absolute Gasteiger partial charge is 0.476 e. The summed E-state index contributed by atoms with van der Waals surface area (Å²) in [7, 11) is -3.75. The van der Waals surface area contributed by atoms with E-state index < -0.39 is 27.0 Å². The maximum absolute atomic E-state index is 13.9. The van der Waals surface area contributed by atoms with Crippen molar-refractivity contribution in [2.75, 3.05) is 23.5 Å². The number of carboxylic acid groups (broad SMARTS) is 1. The third-order valence-corrected chi connectivity index (χ3v) is 9.29. The molecule has 2 aromatic rings. The highest BCUT2D eigenvalue weighted by Gasteiger charge is 2.42. The number of sulfone groups is 1. The number of thioether (sulfide) groups is 1. The van der Waals surface area contributed by atoms with E-state index in [1.54, 1.807) is 12.3 Å². The highest BCUT2D eigenvalue weighted by Crippen LogP contribution is 2.47. The number of benzene rings is 2. The lowest BCUT2D eigenvalue weighted by Crippen LogP contribution is -2.38. The molecular formula is C27H34FNO5S2. The zero-order valence-corrected chi connectivity index (χ0v) is 22.6. The van der Waals surface area contributed by atoms with E-state index in [0.29, 0.717) is 23.4 Å². The minimum Gasteiger partial charge on any atom is -0.476 e. The molecule has 0 saturated heterocycles. The average Bonchev–Trinajstić information content (AvgIpc) is 2.96. The SMILES string of the molecule is CCCCC1(CCCC)CN(c2ccccc2)c2cc(SC)c(OC=C(F)C(=O)O)cc2S(=O)(=O)C1. The van der Waals surface area contributed by atoms with Crippen LogP contribution in [0.3, 0.4) is 0 Å². The fourth-order valence-corrected chi connectivity index (χ4v) is 7.38. The van der Waals surface area contributed by atoms with Crippen LogP contribution in [-0.4, -0.2) is 38.0 Å². The van der Waals surface area contributed by atoms with Gasteiger partial charge in [-0.25, -0.2) is 13.2 Å². The quantitative estimate of drug-likeness (QED) is 0.189. The van der Waals surface area contributed by atoms with Crippen LogP contribution in [0.4, 0.5) is 15.8 Å². The zero-order valence-electron chi connectivity index (χ0n) is 21.0. The fraction of sp³-hybridized carbons (Fsp3) is 0.444. The lowest BCUT2D eigenvalue weighted by molar-refractivity contribution is -0.134. The minimum absolute atomic E-state index is 0.00765. The molecule has 0 amide bonds. The number of carbonyl (C=O) groups is 1. The van der Waals surface area contributed by atoms with Crippen molar-refractivity contribution in [1.82, 2.24) is 0 Å². The summed E-state index contributed by atoms with van der Waals surface area (Å²) in [5.74, 6) is -3.11. The van der Waals surface area contributed by atoms with Crippen molar-refractivity contribution in [3.8, 4) is 5.75 Å². The summed E-state index contributed by atoms with van der Waals surface area (Å²) in [4.78, 5) is 13.6. The summed E-state index contributed by atoms with van der Waals surface area (Å²) in [5.41, 5.74) is 1.01. The Balaban J connectivity index is 2.24. The molecule has 0 aromatic heterocycles. The van der Waals surface area contributed by atoms with Crippen LogP contribution in [-0.2, 0) is 14.6 Å². The van der Waals surface area contributed by atoms with Gasteiger partial charge >= 0.3 is 5.97 Å². The van der Waals surface area contributed by atoms with Crippen LogP contribution in [0.25, 0.3) is 0 Å². The molecule has 0 aliphatic carbocycles. The minimum atomic E-state index is -3.75. The van der Waals surface area contributed by atoms with E-state index in [-0.39, 0.29) is 16.4 Å². The van der Waals surface area contributed by atoms with Gasteiger partial charge in [-0.3, -0.25) is 0 Å². The first-order valence-electron chi connectivity index (χ1n) is 12.2. The summed E-state index contributed by atoms with van der Waals surface area (Å²) in [6.45, 7) is 4.78. The van der Waals surface area contributed by atoms with Gasteiger partial charge < -0.3 is 14.7 Å². The van der Waals surface area contributed by atoms with Gasteiger partial charge in [0, 0.05) is 23.7 Å². The second-order valence-corrected chi connectivity index (χ2v) is 12.1. The van der Waals surface area contributed by atoms with Crippen molar-refractivity contribution in [1.29, 1.82) is 0 Å². The molecule has 6 nitrogen and oxygen atoms in total. The van der Waals surface area contributed by atoms with Gasteiger partial charge in [-0.1, -0.05) is 57.7 Å². The van der Waals surface area contributed by atoms with Gasteiger partial charge in [0.25, 0.3) is 0 Å². The molecule has 0 radical (unpaired) electrons. The van der Waals surface area contributed by atoms with Gasteiger partial charge in [0.1, 0.15) is 12.0 Å². The molecule has 0 unspecified atom stereocenters. The number of hydrogen-bond donors (Lipinski definition) is 1. The van der Waals surface area contributed by atoms with Crippen molar-refractivity contribution in [2.24, 2.45) is 5.41 Å². The maximum atomic E-state index is 13.9. The first-order valence-corrected chi connectivity index (χ1v) is 15.1. The summed E-state index contributed by atoms with van der Waals surface area (Å²) < 4.78 is 46.9. The van der Waals surface area contributed by atoms with Gasteiger partial charge in [0.05, 0.1) is 21.2 Å². The van der Waals surface area contributed by atoms with E-state index in [0.717, 1.165) is 44.2 Å². The van der Waals surface area contributed by atoms with E-state index in [1.165, 1.54) is 17.8 Å². The smallest absolute Gasteiger partial charge is 0.368 e. The summed E-state index contributed by atoms with van der Waals surface area (Å²) >= 11 is 1.31.